The van der Waals surface area contributed by atoms with Crippen LogP contribution in [0.25, 0.3) is 5.69 Å². The van der Waals surface area contributed by atoms with Crippen molar-refractivity contribution in [3.8, 4) is 5.69 Å². The highest BCUT2D eigenvalue weighted by Gasteiger charge is 2.27. The summed E-state index contributed by atoms with van der Waals surface area (Å²) in [5, 5.41) is 0.501. The largest absolute Gasteiger partial charge is 0.339 e. The van der Waals surface area contributed by atoms with Crippen molar-refractivity contribution in [2.24, 2.45) is 0 Å². The molecule has 1 saturated heterocycles. The molecule has 1 aromatic heterocycles. The minimum Gasteiger partial charge on any atom is -0.339 e. The molecule has 4 rings (SSSR count). The van der Waals surface area contributed by atoms with Gasteiger partial charge in [0.1, 0.15) is 5.82 Å². The Morgan fingerprint density at radius 1 is 1.31 bits per heavy atom. The van der Waals surface area contributed by atoms with Crippen molar-refractivity contribution in [1.82, 2.24) is 14.5 Å². The standard InChI is InChI=1S/C21H24FN3O2S2/c1-2-15-5-3-4-11-24(15)18(26)13-29-21-23-17-10-12-28-19(17)20(27)25(21)16-8-6-14(22)7-9-16/h6-9,15H,2-5,10-13H2,1H3/t15-/m1/s1. The number of carbonyl (C=O) groups is 1. The van der Waals surface area contributed by atoms with Crippen LogP contribution in [0.1, 0.15) is 38.3 Å². The molecule has 0 saturated carbocycles. The molecule has 0 radical (unpaired) electrons. The molecule has 0 aliphatic carbocycles. The Morgan fingerprint density at radius 3 is 2.86 bits per heavy atom. The van der Waals surface area contributed by atoms with Gasteiger partial charge in [-0.15, -0.1) is 11.8 Å². The highest BCUT2D eigenvalue weighted by atomic mass is 32.2. The minimum atomic E-state index is -0.356. The third kappa shape index (κ3) is 4.23. The first-order valence-electron chi connectivity index (χ1n) is 10.1. The first-order valence-corrected chi connectivity index (χ1v) is 12.0. The van der Waals surface area contributed by atoms with E-state index in [0.717, 1.165) is 43.7 Å². The molecule has 154 valence electrons. The zero-order valence-electron chi connectivity index (χ0n) is 16.4. The normalized spacial score (nSPS) is 18.7. The van der Waals surface area contributed by atoms with E-state index in [1.54, 1.807) is 12.1 Å². The van der Waals surface area contributed by atoms with Crippen molar-refractivity contribution in [3.05, 3.63) is 46.1 Å². The van der Waals surface area contributed by atoms with E-state index in [2.05, 4.69) is 6.92 Å². The first kappa shape index (κ1) is 20.5. The molecule has 1 atom stereocenters. The van der Waals surface area contributed by atoms with Crippen molar-refractivity contribution < 1.29 is 9.18 Å². The molecule has 2 aromatic rings. The van der Waals surface area contributed by atoms with Crippen LogP contribution in [0.2, 0.25) is 0 Å². The molecule has 1 fully saturated rings. The van der Waals surface area contributed by atoms with E-state index in [1.165, 1.54) is 46.6 Å². The van der Waals surface area contributed by atoms with Crippen LogP contribution in [-0.4, -0.2) is 44.5 Å². The lowest BCUT2D eigenvalue weighted by atomic mass is 10.0. The van der Waals surface area contributed by atoms with Crippen molar-refractivity contribution in [2.45, 2.75) is 55.1 Å². The molecule has 2 aliphatic rings. The number of hydrogen-bond acceptors (Lipinski definition) is 5. The molecule has 0 N–H and O–H groups in total. The lowest BCUT2D eigenvalue weighted by Gasteiger charge is -2.35. The fourth-order valence-electron chi connectivity index (χ4n) is 3.97. The maximum Gasteiger partial charge on any atom is 0.272 e. The Kier molecular flexibility index (Phi) is 6.29. The summed E-state index contributed by atoms with van der Waals surface area (Å²) in [7, 11) is 0. The predicted octanol–water partition coefficient (Wildman–Crippen LogP) is 3.90. The number of hydrogen-bond donors (Lipinski definition) is 0. The van der Waals surface area contributed by atoms with Crippen molar-refractivity contribution in [3.63, 3.8) is 0 Å². The summed E-state index contributed by atoms with van der Waals surface area (Å²) in [6.45, 7) is 2.92. The van der Waals surface area contributed by atoms with Gasteiger partial charge in [0.05, 0.1) is 22.0 Å². The molecular weight excluding hydrogens is 409 g/mol. The molecule has 2 aliphatic heterocycles. The van der Waals surface area contributed by atoms with Crippen molar-refractivity contribution >= 4 is 29.4 Å². The van der Waals surface area contributed by atoms with E-state index >= 15 is 0 Å². The van der Waals surface area contributed by atoms with Gasteiger partial charge in [0.2, 0.25) is 5.91 Å². The molecule has 3 heterocycles. The van der Waals surface area contributed by atoms with Crippen LogP contribution in [0.15, 0.2) is 39.1 Å². The summed E-state index contributed by atoms with van der Waals surface area (Å²) in [4.78, 5) is 33.4. The lowest BCUT2D eigenvalue weighted by molar-refractivity contribution is -0.132. The SMILES string of the molecule is CC[C@@H]1CCCCN1C(=O)CSc1nc2c(c(=O)n1-c1ccc(F)cc1)SCC2. The van der Waals surface area contributed by atoms with Gasteiger partial charge in [-0.25, -0.2) is 9.37 Å². The third-order valence-electron chi connectivity index (χ3n) is 5.49. The second kappa shape index (κ2) is 8.92. The van der Waals surface area contributed by atoms with Gasteiger partial charge in [-0.1, -0.05) is 18.7 Å². The second-order valence-corrected chi connectivity index (χ2v) is 9.37. The number of thioether (sulfide) groups is 2. The number of benzene rings is 1. The molecule has 1 aromatic carbocycles. The highest BCUT2D eigenvalue weighted by Crippen LogP contribution is 2.30. The van der Waals surface area contributed by atoms with Gasteiger partial charge >= 0.3 is 0 Å². The number of aryl methyl sites for hydroxylation is 1. The molecule has 0 bridgehead atoms. The Hall–Kier alpha value is -1.80. The van der Waals surface area contributed by atoms with Gasteiger partial charge in [0.15, 0.2) is 5.16 Å². The Labute approximate surface area is 178 Å². The minimum absolute atomic E-state index is 0.0938. The summed E-state index contributed by atoms with van der Waals surface area (Å²) >= 11 is 2.81. The lowest BCUT2D eigenvalue weighted by Crippen LogP contribution is -2.44. The molecule has 0 unspecified atom stereocenters. The number of nitrogens with zero attached hydrogens (tertiary/aromatic N) is 3. The fourth-order valence-corrected chi connectivity index (χ4v) is 5.91. The summed E-state index contributed by atoms with van der Waals surface area (Å²) in [5.41, 5.74) is 1.24. The Bertz CT molecular complexity index is 962. The quantitative estimate of drug-likeness (QED) is 0.529. The number of halogens is 1. The topological polar surface area (TPSA) is 55.2 Å². The Morgan fingerprint density at radius 2 is 2.10 bits per heavy atom. The van der Waals surface area contributed by atoms with Crippen LogP contribution in [0.3, 0.4) is 0 Å². The van der Waals surface area contributed by atoms with E-state index < -0.39 is 0 Å². The first-order chi connectivity index (χ1) is 14.1. The van der Waals surface area contributed by atoms with E-state index in [9.17, 15) is 14.0 Å². The number of carbonyl (C=O) groups excluding carboxylic acids is 1. The van der Waals surface area contributed by atoms with Crippen LogP contribution < -0.4 is 5.56 Å². The van der Waals surface area contributed by atoms with E-state index in [-0.39, 0.29) is 23.0 Å². The third-order valence-corrected chi connectivity index (χ3v) is 7.53. The predicted molar refractivity (Wildman–Crippen MR) is 115 cm³/mol. The molecule has 29 heavy (non-hydrogen) atoms. The van der Waals surface area contributed by atoms with Crippen LogP contribution in [0.4, 0.5) is 4.39 Å². The maximum atomic E-state index is 13.4. The van der Waals surface area contributed by atoms with Gasteiger partial charge in [-0.2, -0.15) is 0 Å². The highest BCUT2D eigenvalue weighted by molar-refractivity contribution is 8.00. The average Bonchev–Trinajstić information content (AvgIpc) is 3.22. The van der Waals surface area contributed by atoms with Gasteiger partial charge in [-0.3, -0.25) is 14.2 Å². The number of likely N-dealkylation sites (tertiary alicyclic amines) is 1. The van der Waals surface area contributed by atoms with Crippen LogP contribution in [-0.2, 0) is 11.2 Å². The summed E-state index contributed by atoms with van der Waals surface area (Å²) in [6.07, 6.45) is 4.99. The average molecular weight is 434 g/mol. The smallest absolute Gasteiger partial charge is 0.272 e. The van der Waals surface area contributed by atoms with Crippen molar-refractivity contribution in [2.75, 3.05) is 18.1 Å². The number of rotatable bonds is 5. The van der Waals surface area contributed by atoms with Gasteiger partial charge in [0, 0.05) is 24.8 Å². The number of fused-ring (bicyclic) bond motifs is 1. The molecule has 1 amide bonds. The zero-order chi connectivity index (χ0) is 20.4. The van der Waals surface area contributed by atoms with E-state index in [1.807, 2.05) is 4.90 Å². The van der Waals surface area contributed by atoms with E-state index in [0.29, 0.717) is 21.8 Å². The molecular formula is C21H24FN3O2S2. The van der Waals surface area contributed by atoms with Crippen LogP contribution in [0, 0.1) is 5.82 Å². The monoisotopic (exact) mass is 433 g/mol. The summed E-state index contributed by atoms with van der Waals surface area (Å²) in [5.74, 6) is 0.817. The summed E-state index contributed by atoms with van der Waals surface area (Å²) < 4.78 is 14.9. The van der Waals surface area contributed by atoms with E-state index in [4.69, 9.17) is 4.98 Å². The number of amides is 1. The van der Waals surface area contributed by atoms with Gasteiger partial charge in [-0.05, 0) is 49.9 Å². The number of aromatic nitrogens is 2. The number of piperidine rings is 1. The molecule has 0 spiro atoms. The maximum absolute atomic E-state index is 13.4. The zero-order valence-corrected chi connectivity index (χ0v) is 18.0. The summed E-state index contributed by atoms with van der Waals surface area (Å²) in [6, 6.07) is 6.13. The van der Waals surface area contributed by atoms with Gasteiger partial charge in [0.25, 0.3) is 5.56 Å². The van der Waals surface area contributed by atoms with Crippen molar-refractivity contribution in [1.29, 1.82) is 0 Å². The van der Waals surface area contributed by atoms with Crippen LogP contribution in [0.5, 0.6) is 0 Å². The van der Waals surface area contributed by atoms with Crippen LogP contribution >= 0.6 is 23.5 Å². The second-order valence-electron chi connectivity index (χ2n) is 7.32. The van der Waals surface area contributed by atoms with Gasteiger partial charge < -0.3 is 4.90 Å². The Balaban J connectivity index is 1.63. The fraction of sp³-hybridized carbons (Fsp3) is 0.476. The molecule has 5 nitrogen and oxygen atoms in total. The molecule has 8 heteroatoms.